The SMILES string of the molecule is COc1ccc(NS(=O)(=O)c2cc(N)cc(C)c2C)cn1. The number of hydrogen-bond acceptors (Lipinski definition) is 5. The quantitative estimate of drug-likeness (QED) is 0.843. The van der Waals surface area contributed by atoms with Gasteiger partial charge in [-0.2, -0.15) is 0 Å². The van der Waals surface area contributed by atoms with Crippen molar-refractivity contribution in [2.24, 2.45) is 0 Å². The van der Waals surface area contributed by atoms with Gasteiger partial charge in [0.2, 0.25) is 5.88 Å². The van der Waals surface area contributed by atoms with Gasteiger partial charge in [-0.3, -0.25) is 4.72 Å². The van der Waals surface area contributed by atoms with Crippen LogP contribution in [-0.2, 0) is 10.0 Å². The molecule has 21 heavy (non-hydrogen) atoms. The van der Waals surface area contributed by atoms with Crippen molar-refractivity contribution in [3.8, 4) is 5.88 Å². The Labute approximate surface area is 124 Å². The number of sulfonamides is 1. The molecule has 1 aromatic carbocycles. The molecular formula is C14H17N3O3S. The molecule has 0 bridgehead atoms. The number of benzene rings is 1. The molecule has 2 aromatic rings. The topological polar surface area (TPSA) is 94.3 Å². The lowest BCUT2D eigenvalue weighted by molar-refractivity contribution is 0.398. The van der Waals surface area contributed by atoms with E-state index >= 15 is 0 Å². The highest BCUT2D eigenvalue weighted by atomic mass is 32.2. The molecule has 2 rings (SSSR count). The number of nitrogen functional groups attached to an aromatic ring is 1. The van der Waals surface area contributed by atoms with E-state index in [-0.39, 0.29) is 4.90 Å². The maximum absolute atomic E-state index is 12.5. The zero-order valence-corrected chi connectivity index (χ0v) is 12.9. The van der Waals surface area contributed by atoms with Gasteiger partial charge in [-0.1, -0.05) is 0 Å². The molecule has 7 heteroatoms. The van der Waals surface area contributed by atoms with Crippen LogP contribution in [0.3, 0.4) is 0 Å². The number of hydrogen-bond donors (Lipinski definition) is 2. The van der Waals surface area contributed by atoms with Gasteiger partial charge in [0.05, 0.1) is 23.9 Å². The molecule has 1 heterocycles. The van der Waals surface area contributed by atoms with Crippen LogP contribution in [0.5, 0.6) is 5.88 Å². The molecule has 1 aromatic heterocycles. The summed E-state index contributed by atoms with van der Waals surface area (Å²) in [4.78, 5) is 4.12. The first kappa shape index (κ1) is 15.1. The Bertz CT molecular complexity index is 756. The van der Waals surface area contributed by atoms with Crippen LogP contribution >= 0.6 is 0 Å². The number of pyridine rings is 1. The van der Waals surface area contributed by atoms with Gasteiger partial charge in [-0.05, 0) is 43.2 Å². The number of nitrogens with two attached hydrogens (primary N) is 1. The molecular weight excluding hydrogens is 290 g/mol. The minimum atomic E-state index is -3.72. The van der Waals surface area contributed by atoms with Crippen molar-refractivity contribution in [1.29, 1.82) is 0 Å². The lowest BCUT2D eigenvalue weighted by Gasteiger charge is -2.13. The highest BCUT2D eigenvalue weighted by Gasteiger charge is 2.19. The standard InChI is InChI=1S/C14H17N3O3S/c1-9-6-11(15)7-13(10(9)2)21(18,19)17-12-4-5-14(20-3)16-8-12/h4-8,17H,15H2,1-3H3. The normalized spacial score (nSPS) is 11.2. The highest BCUT2D eigenvalue weighted by Crippen LogP contribution is 2.24. The molecule has 3 N–H and O–H groups in total. The largest absolute Gasteiger partial charge is 0.481 e. The molecule has 0 fully saturated rings. The second-order valence-corrected chi connectivity index (χ2v) is 6.31. The third-order valence-electron chi connectivity index (χ3n) is 3.13. The summed E-state index contributed by atoms with van der Waals surface area (Å²) in [6, 6.07) is 6.35. The van der Waals surface area contributed by atoms with E-state index in [1.54, 1.807) is 25.1 Å². The Morgan fingerprint density at radius 3 is 2.52 bits per heavy atom. The maximum atomic E-state index is 12.5. The molecule has 6 nitrogen and oxygen atoms in total. The lowest BCUT2D eigenvalue weighted by atomic mass is 10.1. The van der Waals surface area contributed by atoms with Gasteiger partial charge in [-0.25, -0.2) is 13.4 Å². The van der Waals surface area contributed by atoms with E-state index in [0.717, 1.165) is 5.56 Å². The fourth-order valence-corrected chi connectivity index (χ4v) is 3.30. The van der Waals surface area contributed by atoms with Crippen LogP contribution in [0.25, 0.3) is 0 Å². The van der Waals surface area contributed by atoms with Crippen LogP contribution in [0.15, 0.2) is 35.4 Å². The van der Waals surface area contributed by atoms with E-state index < -0.39 is 10.0 Å². The molecule has 0 atom stereocenters. The van der Waals surface area contributed by atoms with Gasteiger partial charge in [-0.15, -0.1) is 0 Å². The summed E-state index contributed by atoms with van der Waals surface area (Å²) >= 11 is 0. The minimum Gasteiger partial charge on any atom is -0.481 e. The average Bonchev–Trinajstić information content (AvgIpc) is 2.43. The Hall–Kier alpha value is -2.28. The minimum absolute atomic E-state index is 0.163. The number of anilines is 2. The third-order valence-corrected chi connectivity index (χ3v) is 4.64. The summed E-state index contributed by atoms with van der Waals surface area (Å²) in [5.41, 5.74) is 7.99. The van der Waals surface area contributed by atoms with Crippen molar-refractivity contribution < 1.29 is 13.2 Å². The van der Waals surface area contributed by atoms with Crippen molar-refractivity contribution in [3.05, 3.63) is 41.6 Å². The van der Waals surface area contributed by atoms with E-state index in [0.29, 0.717) is 22.8 Å². The molecule has 0 aliphatic rings. The Morgan fingerprint density at radius 2 is 1.95 bits per heavy atom. The fourth-order valence-electron chi connectivity index (χ4n) is 1.90. The number of aryl methyl sites for hydroxylation is 1. The summed E-state index contributed by atoms with van der Waals surface area (Å²) in [6.07, 6.45) is 1.39. The summed E-state index contributed by atoms with van der Waals surface area (Å²) in [5.74, 6) is 0.411. The van der Waals surface area contributed by atoms with Crippen molar-refractivity contribution in [2.75, 3.05) is 17.6 Å². The summed E-state index contributed by atoms with van der Waals surface area (Å²) < 4.78 is 32.3. The first-order valence-electron chi connectivity index (χ1n) is 6.23. The smallest absolute Gasteiger partial charge is 0.262 e. The van der Waals surface area contributed by atoms with Crippen molar-refractivity contribution in [3.63, 3.8) is 0 Å². The van der Waals surface area contributed by atoms with Gasteiger partial charge in [0.15, 0.2) is 0 Å². The first-order valence-corrected chi connectivity index (χ1v) is 7.71. The van der Waals surface area contributed by atoms with Gasteiger partial charge < -0.3 is 10.5 Å². The molecule has 0 spiro atoms. The molecule has 112 valence electrons. The number of nitrogens with zero attached hydrogens (tertiary/aromatic N) is 1. The number of aromatic nitrogens is 1. The zero-order chi connectivity index (χ0) is 15.6. The van der Waals surface area contributed by atoms with Crippen LogP contribution in [0, 0.1) is 13.8 Å². The van der Waals surface area contributed by atoms with E-state index in [4.69, 9.17) is 10.5 Å². The van der Waals surface area contributed by atoms with Crippen LogP contribution in [0.2, 0.25) is 0 Å². The monoisotopic (exact) mass is 307 g/mol. The number of rotatable bonds is 4. The Kier molecular flexibility index (Phi) is 4.04. The number of ether oxygens (including phenoxy) is 1. The van der Waals surface area contributed by atoms with Gasteiger partial charge in [0, 0.05) is 11.8 Å². The predicted octanol–water partition coefficient (Wildman–Crippen LogP) is 2.09. The molecule has 0 unspecified atom stereocenters. The van der Waals surface area contributed by atoms with E-state index in [2.05, 4.69) is 9.71 Å². The molecule has 0 aliphatic carbocycles. The summed E-state index contributed by atoms with van der Waals surface area (Å²) in [5, 5.41) is 0. The molecule has 0 amide bonds. The van der Waals surface area contributed by atoms with Gasteiger partial charge in [0.25, 0.3) is 10.0 Å². The molecule has 0 saturated carbocycles. The first-order chi connectivity index (χ1) is 9.83. The summed E-state index contributed by atoms with van der Waals surface area (Å²) in [7, 11) is -2.23. The Balaban J connectivity index is 2.38. The van der Waals surface area contributed by atoms with Crippen LogP contribution in [0.1, 0.15) is 11.1 Å². The average molecular weight is 307 g/mol. The van der Waals surface area contributed by atoms with Crippen LogP contribution in [0.4, 0.5) is 11.4 Å². The lowest BCUT2D eigenvalue weighted by Crippen LogP contribution is -2.15. The number of nitrogens with one attached hydrogen (secondary N) is 1. The van der Waals surface area contributed by atoms with Gasteiger partial charge >= 0.3 is 0 Å². The highest BCUT2D eigenvalue weighted by molar-refractivity contribution is 7.92. The van der Waals surface area contributed by atoms with E-state index in [1.165, 1.54) is 19.4 Å². The second kappa shape index (κ2) is 5.61. The van der Waals surface area contributed by atoms with Crippen molar-refractivity contribution in [1.82, 2.24) is 4.98 Å². The third kappa shape index (κ3) is 3.25. The summed E-state index contributed by atoms with van der Waals surface area (Å²) in [6.45, 7) is 3.56. The van der Waals surface area contributed by atoms with Crippen LogP contribution in [-0.4, -0.2) is 20.5 Å². The molecule has 0 saturated heterocycles. The number of methoxy groups -OCH3 is 1. The van der Waals surface area contributed by atoms with E-state index in [9.17, 15) is 8.42 Å². The maximum Gasteiger partial charge on any atom is 0.262 e. The fraction of sp³-hybridized carbons (Fsp3) is 0.214. The van der Waals surface area contributed by atoms with Crippen molar-refractivity contribution >= 4 is 21.4 Å². The Morgan fingerprint density at radius 1 is 1.24 bits per heavy atom. The van der Waals surface area contributed by atoms with Gasteiger partial charge in [0.1, 0.15) is 0 Å². The molecule has 0 radical (unpaired) electrons. The molecule has 0 aliphatic heterocycles. The predicted molar refractivity (Wildman–Crippen MR) is 81.9 cm³/mol. The second-order valence-electron chi connectivity index (χ2n) is 4.66. The zero-order valence-electron chi connectivity index (χ0n) is 12.0. The van der Waals surface area contributed by atoms with E-state index in [1.807, 2.05) is 6.92 Å². The van der Waals surface area contributed by atoms with Crippen LogP contribution < -0.4 is 15.2 Å². The van der Waals surface area contributed by atoms with Crippen molar-refractivity contribution in [2.45, 2.75) is 18.7 Å².